The van der Waals surface area contributed by atoms with Gasteiger partial charge in [0, 0.05) is 6.04 Å². The van der Waals surface area contributed by atoms with E-state index in [-0.39, 0.29) is 18.4 Å². The normalized spacial score (nSPS) is 20.1. The monoisotopic (exact) mass is 237 g/mol. The molecule has 5 heteroatoms. The summed E-state index contributed by atoms with van der Waals surface area (Å²) in [6.45, 7) is 0.839. The minimum Gasteiger partial charge on any atom is -0.310 e. The van der Waals surface area contributed by atoms with Crippen molar-refractivity contribution >= 4 is 12.4 Å². The number of halogens is 4. The van der Waals surface area contributed by atoms with Gasteiger partial charge in [-0.3, -0.25) is 0 Å². The molecular formula is C10H11ClF3N. The summed E-state index contributed by atoms with van der Waals surface area (Å²) < 4.78 is 38.3. The molecule has 0 saturated carbocycles. The van der Waals surface area contributed by atoms with Crippen LogP contribution in [0.5, 0.6) is 0 Å². The Balaban J connectivity index is 0.00000112. The molecule has 1 atom stereocenters. The molecule has 1 nitrogen and oxygen atoms in total. The van der Waals surface area contributed by atoms with E-state index in [0.717, 1.165) is 31.5 Å². The summed E-state index contributed by atoms with van der Waals surface area (Å²) in [6, 6.07) is 2.07. The number of hydrogen-bond donors (Lipinski definition) is 1. The maximum Gasteiger partial charge on any atom is 0.194 e. The second-order valence-electron chi connectivity index (χ2n) is 3.45. The molecule has 2 rings (SSSR count). The van der Waals surface area contributed by atoms with Crippen LogP contribution in [0, 0.1) is 17.5 Å². The summed E-state index contributed by atoms with van der Waals surface area (Å²) in [6.07, 6.45) is 1.82. The number of rotatable bonds is 1. The Kier molecular flexibility index (Phi) is 3.99. The zero-order valence-corrected chi connectivity index (χ0v) is 8.71. The zero-order chi connectivity index (χ0) is 10.1. The third kappa shape index (κ3) is 2.44. The molecule has 1 aliphatic heterocycles. The standard InChI is InChI=1S/C10H10F3N.ClH/c11-7-4-6(5-8(12)10(7)13)9-2-1-3-14-9;/h4-5,9,14H,1-3H2;1H/t9-;/m1./s1. The smallest absolute Gasteiger partial charge is 0.194 e. The Morgan fingerprint density at radius 2 is 1.73 bits per heavy atom. The van der Waals surface area contributed by atoms with Gasteiger partial charge in [0.05, 0.1) is 0 Å². The minimum absolute atomic E-state index is 0. The van der Waals surface area contributed by atoms with Crippen LogP contribution in [-0.4, -0.2) is 6.54 Å². The highest BCUT2D eigenvalue weighted by atomic mass is 35.5. The predicted molar refractivity (Wildman–Crippen MR) is 53.5 cm³/mol. The molecule has 1 aromatic rings. The third-order valence-corrected chi connectivity index (χ3v) is 2.47. The lowest BCUT2D eigenvalue weighted by atomic mass is 10.1. The van der Waals surface area contributed by atoms with Gasteiger partial charge >= 0.3 is 0 Å². The number of benzene rings is 1. The quantitative estimate of drug-likeness (QED) is 0.741. The molecule has 1 heterocycles. The Morgan fingerprint density at radius 1 is 1.13 bits per heavy atom. The molecule has 0 aromatic heterocycles. The van der Waals surface area contributed by atoms with E-state index in [1.807, 2.05) is 0 Å². The summed E-state index contributed by atoms with van der Waals surface area (Å²) in [7, 11) is 0. The fourth-order valence-corrected chi connectivity index (χ4v) is 1.75. The van der Waals surface area contributed by atoms with Gasteiger partial charge in [-0.25, -0.2) is 13.2 Å². The highest BCUT2D eigenvalue weighted by Gasteiger charge is 2.19. The lowest BCUT2D eigenvalue weighted by Gasteiger charge is -2.10. The summed E-state index contributed by atoms with van der Waals surface area (Å²) in [5.74, 6) is -3.63. The Labute approximate surface area is 92.1 Å². The summed E-state index contributed by atoms with van der Waals surface area (Å²) in [4.78, 5) is 0. The topological polar surface area (TPSA) is 12.0 Å². The van der Waals surface area contributed by atoms with Gasteiger partial charge in [-0.15, -0.1) is 12.4 Å². The molecule has 0 spiro atoms. The first-order valence-corrected chi connectivity index (χ1v) is 4.56. The molecule has 0 unspecified atom stereocenters. The zero-order valence-electron chi connectivity index (χ0n) is 7.90. The van der Waals surface area contributed by atoms with E-state index in [9.17, 15) is 13.2 Å². The van der Waals surface area contributed by atoms with E-state index in [1.54, 1.807) is 0 Å². The first kappa shape index (κ1) is 12.3. The first-order chi connectivity index (χ1) is 6.68. The first-order valence-electron chi connectivity index (χ1n) is 4.56. The van der Waals surface area contributed by atoms with Crippen molar-refractivity contribution in [3.05, 3.63) is 35.1 Å². The third-order valence-electron chi connectivity index (χ3n) is 2.47. The van der Waals surface area contributed by atoms with E-state index < -0.39 is 17.5 Å². The molecular weight excluding hydrogens is 227 g/mol. The van der Waals surface area contributed by atoms with E-state index in [0.29, 0.717) is 5.56 Å². The van der Waals surface area contributed by atoms with Gasteiger partial charge in [0.1, 0.15) is 0 Å². The van der Waals surface area contributed by atoms with Crippen molar-refractivity contribution in [1.82, 2.24) is 5.32 Å². The second-order valence-corrected chi connectivity index (χ2v) is 3.45. The maximum atomic E-state index is 12.9. The molecule has 0 bridgehead atoms. The van der Waals surface area contributed by atoms with Crippen LogP contribution >= 0.6 is 12.4 Å². The minimum atomic E-state index is -1.40. The molecule has 1 saturated heterocycles. The van der Waals surface area contributed by atoms with Gasteiger partial charge in [-0.05, 0) is 37.1 Å². The fraction of sp³-hybridized carbons (Fsp3) is 0.400. The largest absolute Gasteiger partial charge is 0.310 e. The molecule has 0 amide bonds. The van der Waals surface area contributed by atoms with Crippen molar-refractivity contribution in [2.45, 2.75) is 18.9 Å². The van der Waals surface area contributed by atoms with Crippen molar-refractivity contribution < 1.29 is 13.2 Å². The average Bonchev–Trinajstić information content (AvgIpc) is 2.66. The van der Waals surface area contributed by atoms with Crippen LogP contribution in [-0.2, 0) is 0 Å². The maximum absolute atomic E-state index is 12.9. The highest BCUT2D eigenvalue weighted by Crippen LogP contribution is 2.25. The van der Waals surface area contributed by atoms with E-state index in [4.69, 9.17) is 0 Å². The summed E-state index contributed by atoms with van der Waals surface area (Å²) in [5, 5.41) is 3.09. The van der Waals surface area contributed by atoms with Crippen molar-refractivity contribution in [3.8, 4) is 0 Å². The van der Waals surface area contributed by atoms with Gasteiger partial charge in [0.15, 0.2) is 17.5 Å². The number of hydrogen-bond acceptors (Lipinski definition) is 1. The van der Waals surface area contributed by atoms with Gasteiger partial charge in [-0.1, -0.05) is 0 Å². The van der Waals surface area contributed by atoms with Crippen LogP contribution < -0.4 is 5.32 Å². The predicted octanol–water partition coefficient (Wildman–Crippen LogP) is 2.95. The van der Waals surface area contributed by atoms with Gasteiger partial charge in [-0.2, -0.15) is 0 Å². The lowest BCUT2D eigenvalue weighted by molar-refractivity contribution is 0.442. The molecule has 15 heavy (non-hydrogen) atoms. The summed E-state index contributed by atoms with van der Waals surface area (Å²) in [5.41, 5.74) is 0.485. The Hall–Kier alpha value is -0.740. The van der Waals surface area contributed by atoms with Crippen molar-refractivity contribution in [3.63, 3.8) is 0 Å². The number of nitrogens with one attached hydrogen (secondary N) is 1. The van der Waals surface area contributed by atoms with Crippen molar-refractivity contribution in [2.24, 2.45) is 0 Å². The highest BCUT2D eigenvalue weighted by molar-refractivity contribution is 5.85. The fourth-order valence-electron chi connectivity index (χ4n) is 1.75. The van der Waals surface area contributed by atoms with Gasteiger partial charge < -0.3 is 5.32 Å². The van der Waals surface area contributed by atoms with Crippen molar-refractivity contribution in [2.75, 3.05) is 6.54 Å². The molecule has 1 fully saturated rings. The summed E-state index contributed by atoms with van der Waals surface area (Å²) >= 11 is 0. The van der Waals surface area contributed by atoms with E-state index >= 15 is 0 Å². The van der Waals surface area contributed by atoms with E-state index in [2.05, 4.69) is 5.32 Å². The molecule has 0 radical (unpaired) electrons. The van der Waals surface area contributed by atoms with Crippen LogP contribution in [0.25, 0.3) is 0 Å². The molecule has 84 valence electrons. The molecule has 0 aliphatic carbocycles. The van der Waals surface area contributed by atoms with Crippen LogP contribution in [0.3, 0.4) is 0 Å². The van der Waals surface area contributed by atoms with Crippen molar-refractivity contribution in [1.29, 1.82) is 0 Å². The van der Waals surface area contributed by atoms with Gasteiger partial charge in [0.25, 0.3) is 0 Å². The Bertz CT molecular complexity index is 328. The van der Waals surface area contributed by atoms with Crippen LogP contribution in [0.15, 0.2) is 12.1 Å². The average molecular weight is 238 g/mol. The van der Waals surface area contributed by atoms with Crippen LogP contribution in [0.1, 0.15) is 24.4 Å². The molecule has 1 aromatic carbocycles. The molecule has 1 aliphatic rings. The molecule has 1 N–H and O–H groups in total. The second kappa shape index (κ2) is 4.86. The van der Waals surface area contributed by atoms with Gasteiger partial charge in [0.2, 0.25) is 0 Å². The van der Waals surface area contributed by atoms with Crippen LogP contribution in [0.2, 0.25) is 0 Å². The van der Waals surface area contributed by atoms with E-state index in [1.165, 1.54) is 0 Å². The lowest BCUT2D eigenvalue weighted by Crippen LogP contribution is -2.13. The SMILES string of the molecule is Cl.Fc1cc([C@H]2CCCN2)cc(F)c1F. The van der Waals surface area contributed by atoms with Crippen LogP contribution in [0.4, 0.5) is 13.2 Å². The Morgan fingerprint density at radius 3 is 2.20 bits per heavy atom.